The number of rotatable bonds is 4. The Bertz CT molecular complexity index is 396. The van der Waals surface area contributed by atoms with E-state index in [1.807, 2.05) is 0 Å². The summed E-state index contributed by atoms with van der Waals surface area (Å²) in [5.74, 6) is 0. The van der Waals surface area contributed by atoms with Gasteiger partial charge >= 0.3 is 0 Å². The highest BCUT2D eigenvalue weighted by atomic mass is 28.4. The van der Waals surface area contributed by atoms with Gasteiger partial charge in [0.25, 0.3) is 6.08 Å². The summed E-state index contributed by atoms with van der Waals surface area (Å²) in [6.07, 6.45) is -0.226. The first-order valence-electron chi connectivity index (χ1n) is 6.64. The Labute approximate surface area is 120 Å². The standard InChI is InChI=1S/C14H24F2O3Si/c1-14(2,3)20(5,6)18-9-10-7-8-11(12(15)16)13(17-4)19-10/h7-8,10,13H,9H2,1-6H3/t10-,13-/m0/s1. The van der Waals surface area contributed by atoms with Crippen LogP contribution in [0.15, 0.2) is 23.8 Å². The van der Waals surface area contributed by atoms with Crippen molar-refractivity contribution >= 4 is 8.32 Å². The summed E-state index contributed by atoms with van der Waals surface area (Å²) < 4.78 is 41.8. The average molecular weight is 306 g/mol. The molecule has 0 bridgehead atoms. The summed E-state index contributed by atoms with van der Waals surface area (Å²) in [6, 6.07) is 0. The zero-order valence-electron chi connectivity index (χ0n) is 13.0. The van der Waals surface area contributed by atoms with Gasteiger partial charge in [-0.25, -0.2) is 0 Å². The molecule has 1 heterocycles. The van der Waals surface area contributed by atoms with Crippen LogP contribution in [0.5, 0.6) is 0 Å². The summed E-state index contributed by atoms with van der Waals surface area (Å²) in [5, 5.41) is 0.0994. The van der Waals surface area contributed by atoms with Crippen molar-refractivity contribution in [3.8, 4) is 0 Å². The fourth-order valence-electron chi connectivity index (χ4n) is 1.50. The summed E-state index contributed by atoms with van der Waals surface area (Å²) in [7, 11) is -0.529. The molecule has 0 spiro atoms. The van der Waals surface area contributed by atoms with E-state index in [9.17, 15) is 8.78 Å². The number of halogens is 2. The van der Waals surface area contributed by atoms with Gasteiger partial charge in [-0.05, 0) is 24.2 Å². The summed E-state index contributed by atoms with van der Waals surface area (Å²) in [5.41, 5.74) is -0.226. The van der Waals surface area contributed by atoms with Crippen LogP contribution in [0.25, 0.3) is 0 Å². The molecule has 2 atom stereocenters. The maximum atomic E-state index is 12.7. The van der Waals surface area contributed by atoms with E-state index >= 15 is 0 Å². The molecule has 116 valence electrons. The molecule has 0 aromatic heterocycles. The van der Waals surface area contributed by atoms with E-state index in [-0.39, 0.29) is 16.7 Å². The molecule has 0 amide bonds. The Balaban J connectivity index is 2.69. The summed E-state index contributed by atoms with van der Waals surface area (Å²) in [4.78, 5) is 0. The molecule has 0 aromatic carbocycles. The number of ether oxygens (including phenoxy) is 2. The van der Waals surface area contributed by atoms with E-state index in [1.165, 1.54) is 13.2 Å². The zero-order chi connectivity index (χ0) is 15.6. The SMILES string of the molecule is CO[C@H]1O[C@H](CO[Si](C)(C)C(C)(C)C)C=CC1=C(F)F. The topological polar surface area (TPSA) is 27.7 Å². The van der Waals surface area contributed by atoms with Gasteiger partial charge in [0.15, 0.2) is 14.6 Å². The first kappa shape index (κ1) is 17.5. The van der Waals surface area contributed by atoms with Gasteiger partial charge in [0, 0.05) is 7.11 Å². The van der Waals surface area contributed by atoms with Gasteiger partial charge in [-0.15, -0.1) is 0 Å². The molecule has 20 heavy (non-hydrogen) atoms. The largest absolute Gasteiger partial charge is 0.414 e. The van der Waals surface area contributed by atoms with Gasteiger partial charge in [0.05, 0.1) is 12.2 Å². The van der Waals surface area contributed by atoms with Crippen molar-refractivity contribution in [1.29, 1.82) is 0 Å². The van der Waals surface area contributed by atoms with Crippen molar-refractivity contribution in [1.82, 2.24) is 0 Å². The second-order valence-corrected chi connectivity index (χ2v) is 11.2. The Morgan fingerprint density at radius 1 is 1.35 bits per heavy atom. The lowest BCUT2D eigenvalue weighted by atomic mass is 10.1. The third-order valence-corrected chi connectivity index (χ3v) is 8.39. The fraction of sp³-hybridized carbons (Fsp3) is 0.714. The molecule has 0 radical (unpaired) electrons. The van der Waals surface area contributed by atoms with Gasteiger partial charge < -0.3 is 13.9 Å². The lowest BCUT2D eigenvalue weighted by Gasteiger charge is -2.37. The molecule has 1 rings (SSSR count). The molecule has 0 saturated carbocycles. The molecule has 6 heteroatoms. The molecule has 1 aliphatic heterocycles. The van der Waals surface area contributed by atoms with Crippen molar-refractivity contribution in [2.75, 3.05) is 13.7 Å². The van der Waals surface area contributed by atoms with Crippen LogP contribution < -0.4 is 0 Å². The maximum Gasteiger partial charge on any atom is 0.278 e. The quantitative estimate of drug-likeness (QED) is 0.732. The highest BCUT2D eigenvalue weighted by Crippen LogP contribution is 2.37. The van der Waals surface area contributed by atoms with Crippen LogP contribution >= 0.6 is 0 Å². The third-order valence-electron chi connectivity index (χ3n) is 3.89. The Hall–Kier alpha value is -0.563. The minimum absolute atomic E-state index is 0.0994. The highest BCUT2D eigenvalue weighted by Gasteiger charge is 2.38. The lowest BCUT2D eigenvalue weighted by molar-refractivity contribution is -0.132. The van der Waals surface area contributed by atoms with Crippen LogP contribution in [0, 0.1) is 0 Å². The Morgan fingerprint density at radius 3 is 2.40 bits per heavy atom. The van der Waals surface area contributed by atoms with E-state index in [2.05, 4.69) is 33.9 Å². The Kier molecular flexibility index (Phi) is 5.66. The predicted molar refractivity (Wildman–Crippen MR) is 77.2 cm³/mol. The molecule has 0 aromatic rings. The van der Waals surface area contributed by atoms with Gasteiger partial charge in [0.2, 0.25) is 0 Å². The van der Waals surface area contributed by atoms with Crippen molar-refractivity contribution in [2.45, 2.75) is 51.3 Å². The summed E-state index contributed by atoms with van der Waals surface area (Å²) in [6.45, 7) is 11.1. The predicted octanol–water partition coefficient (Wildman–Crippen LogP) is 4.09. The molecular formula is C14H24F2O3Si. The monoisotopic (exact) mass is 306 g/mol. The second kappa shape index (κ2) is 6.47. The molecule has 0 fully saturated rings. The molecule has 1 aliphatic rings. The minimum Gasteiger partial charge on any atom is -0.414 e. The van der Waals surface area contributed by atoms with E-state index in [0.29, 0.717) is 6.61 Å². The maximum absolute atomic E-state index is 12.7. The third kappa shape index (κ3) is 4.21. The number of hydrogen-bond acceptors (Lipinski definition) is 3. The van der Waals surface area contributed by atoms with E-state index < -0.39 is 20.7 Å². The second-order valence-electron chi connectivity index (χ2n) is 6.39. The molecule has 3 nitrogen and oxygen atoms in total. The van der Waals surface area contributed by atoms with Crippen molar-refractivity contribution in [3.63, 3.8) is 0 Å². The molecular weight excluding hydrogens is 282 g/mol. The number of methoxy groups -OCH3 is 1. The van der Waals surface area contributed by atoms with Crippen LogP contribution in [-0.4, -0.2) is 34.4 Å². The van der Waals surface area contributed by atoms with Gasteiger partial charge in [0.1, 0.15) is 6.10 Å². The lowest BCUT2D eigenvalue weighted by Crippen LogP contribution is -2.43. The first-order chi connectivity index (χ1) is 9.08. The van der Waals surface area contributed by atoms with Crippen molar-refractivity contribution < 1.29 is 22.7 Å². The molecule has 0 saturated heterocycles. The minimum atomic E-state index is -1.87. The number of hydrogen-bond donors (Lipinski definition) is 0. The van der Waals surface area contributed by atoms with Gasteiger partial charge in [-0.1, -0.05) is 26.8 Å². The van der Waals surface area contributed by atoms with Crippen LogP contribution in [0.1, 0.15) is 20.8 Å². The Morgan fingerprint density at radius 2 is 1.95 bits per heavy atom. The first-order valence-corrected chi connectivity index (χ1v) is 9.55. The average Bonchev–Trinajstić information content (AvgIpc) is 2.34. The van der Waals surface area contributed by atoms with Crippen LogP contribution in [0.4, 0.5) is 8.78 Å². The molecule has 0 aliphatic carbocycles. The molecule has 0 N–H and O–H groups in total. The molecule has 0 unspecified atom stereocenters. The van der Waals surface area contributed by atoms with Crippen molar-refractivity contribution in [2.24, 2.45) is 0 Å². The van der Waals surface area contributed by atoms with Gasteiger partial charge in [-0.3, -0.25) is 0 Å². The fourth-order valence-corrected chi connectivity index (χ4v) is 2.52. The van der Waals surface area contributed by atoms with Crippen molar-refractivity contribution in [3.05, 3.63) is 23.8 Å². The van der Waals surface area contributed by atoms with E-state index in [4.69, 9.17) is 13.9 Å². The zero-order valence-corrected chi connectivity index (χ0v) is 14.0. The van der Waals surface area contributed by atoms with E-state index in [1.54, 1.807) is 6.08 Å². The van der Waals surface area contributed by atoms with Gasteiger partial charge in [-0.2, -0.15) is 8.78 Å². The van der Waals surface area contributed by atoms with E-state index in [0.717, 1.165) is 0 Å². The summed E-state index contributed by atoms with van der Waals surface area (Å²) >= 11 is 0. The highest BCUT2D eigenvalue weighted by molar-refractivity contribution is 6.74. The van der Waals surface area contributed by atoms with Crippen LogP contribution in [0.3, 0.4) is 0 Å². The normalized spacial score (nSPS) is 24.1. The van der Waals surface area contributed by atoms with Crippen LogP contribution in [-0.2, 0) is 13.9 Å². The smallest absolute Gasteiger partial charge is 0.278 e. The van der Waals surface area contributed by atoms with Crippen LogP contribution in [0.2, 0.25) is 18.1 Å².